The van der Waals surface area contributed by atoms with Crippen LogP contribution in [0.1, 0.15) is 43.5 Å². The van der Waals surface area contributed by atoms with Crippen molar-refractivity contribution in [3.8, 4) is 0 Å². The van der Waals surface area contributed by atoms with Crippen LogP contribution >= 0.6 is 0 Å². The molecule has 1 unspecified atom stereocenters. The molecule has 0 amide bonds. The molecule has 1 fully saturated rings. The molecule has 2 N–H and O–H groups in total. The first-order chi connectivity index (χ1) is 9.18. The van der Waals surface area contributed by atoms with Crippen LogP contribution in [0.25, 0.3) is 0 Å². The second-order valence-electron chi connectivity index (χ2n) is 6.00. The third-order valence-electron chi connectivity index (χ3n) is 4.33. The smallest absolute Gasteiger partial charge is 0.0948 e. The predicted molar refractivity (Wildman–Crippen MR) is 76.7 cm³/mol. The van der Waals surface area contributed by atoms with Crippen molar-refractivity contribution in [3.63, 3.8) is 0 Å². The molecule has 0 bridgehead atoms. The molecule has 3 rings (SSSR count). The second kappa shape index (κ2) is 4.82. The van der Waals surface area contributed by atoms with E-state index < -0.39 is 0 Å². The van der Waals surface area contributed by atoms with Crippen molar-refractivity contribution >= 4 is 0 Å². The third-order valence-corrected chi connectivity index (χ3v) is 4.33. The van der Waals surface area contributed by atoms with Gasteiger partial charge in [-0.2, -0.15) is 0 Å². The fraction of sp³-hybridized carbons (Fsp3) is 0.438. The van der Waals surface area contributed by atoms with Crippen LogP contribution in [0.15, 0.2) is 42.9 Å². The van der Waals surface area contributed by atoms with E-state index in [0.717, 1.165) is 17.8 Å². The number of hydrogen-bond acceptors (Lipinski definition) is 2. The number of aromatic nitrogens is 2. The van der Waals surface area contributed by atoms with Crippen LogP contribution in [-0.2, 0) is 6.54 Å². The first-order valence-corrected chi connectivity index (χ1v) is 6.99. The minimum atomic E-state index is -0.0904. The maximum absolute atomic E-state index is 6.38. The van der Waals surface area contributed by atoms with Gasteiger partial charge >= 0.3 is 0 Å². The van der Waals surface area contributed by atoms with Gasteiger partial charge in [0.15, 0.2) is 0 Å². The van der Waals surface area contributed by atoms with Crippen molar-refractivity contribution in [2.75, 3.05) is 0 Å². The van der Waals surface area contributed by atoms with E-state index in [4.69, 9.17) is 5.73 Å². The van der Waals surface area contributed by atoms with Crippen molar-refractivity contribution in [2.24, 2.45) is 11.1 Å². The molecule has 0 radical (unpaired) electrons. The molecule has 0 aliphatic heterocycles. The molecule has 0 saturated heterocycles. The molecule has 1 aliphatic carbocycles. The van der Waals surface area contributed by atoms with Crippen molar-refractivity contribution in [1.29, 1.82) is 0 Å². The van der Waals surface area contributed by atoms with Gasteiger partial charge in [0.1, 0.15) is 0 Å². The highest BCUT2D eigenvalue weighted by Gasteiger charge is 2.32. The molecule has 1 aliphatic rings. The number of imidazole rings is 1. The van der Waals surface area contributed by atoms with Crippen LogP contribution in [0.5, 0.6) is 0 Å². The van der Waals surface area contributed by atoms with Crippen molar-refractivity contribution in [1.82, 2.24) is 9.55 Å². The van der Waals surface area contributed by atoms with Gasteiger partial charge in [0.05, 0.1) is 24.3 Å². The first-order valence-electron chi connectivity index (χ1n) is 6.99. The van der Waals surface area contributed by atoms with E-state index >= 15 is 0 Å². The molecule has 1 aromatic heterocycles. The lowest BCUT2D eigenvalue weighted by Crippen LogP contribution is -2.32. The average Bonchev–Trinajstić information content (AvgIpc) is 2.85. The number of hydrogen-bond donors (Lipinski definition) is 1. The highest BCUT2D eigenvalue weighted by molar-refractivity contribution is 5.26. The van der Waals surface area contributed by atoms with Crippen molar-refractivity contribution in [2.45, 2.75) is 38.8 Å². The Hall–Kier alpha value is -1.61. The van der Waals surface area contributed by atoms with Crippen LogP contribution < -0.4 is 5.73 Å². The van der Waals surface area contributed by atoms with Crippen LogP contribution in [0.4, 0.5) is 0 Å². The zero-order chi connectivity index (χ0) is 13.3. The van der Waals surface area contributed by atoms with E-state index in [2.05, 4.69) is 28.6 Å². The Balaban J connectivity index is 1.83. The van der Waals surface area contributed by atoms with Gasteiger partial charge < -0.3 is 10.3 Å². The summed E-state index contributed by atoms with van der Waals surface area (Å²) in [7, 11) is 0. The lowest BCUT2D eigenvalue weighted by molar-refractivity contribution is 0.130. The van der Waals surface area contributed by atoms with Gasteiger partial charge in [-0.15, -0.1) is 0 Å². The Morgan fingerprint density at radius 2 is 2.05 bits per heavy atom. The van der Waals surface area contributed by atoms with Crippen LogP contribution in [0.2, 0.25) is 0 Å². The Bertz CT molecular complexity index is 540. The van der Waals surface area contributed by atoms with Gasteiger partial charge in [0.2, 0.25) is 0 Å². The quantitative estimate of drug-likeness (QED) is 0.912. The van der Waals surface area contributed by atoms with Crippen LogP contribution in [-0.4, -0.2) is 9.55 Å². The predicted octanol–water partition coefficient (Wildman–Crippen LogP) is 3.12. The van der Waals surface area contributed by atoms with Crippen molar-refractivity contribution in [3.05, 3.63) is 54.1 Å². The summed E-state index contributed by atoms with van der Waals surface area (Å²) < 4.78 is 2.23. The highest BCUT2D eigenvalue weighted by Crippen LogP contribution is 2.42. The topological polar surface area (TPSA) is 43.8 Å². The van der Waals surface area contributed by atoms with E-state index in [0.29, 0.717) is 5.41 Å². The Labute approximate surface area is 114 Å². The minimum absolute atomic E-state index is 0.0904. The fourth-order valence-electron chi connectivity index (χ4n) is 2.90. The SMILES string of the molecule is CC1(Cn2cncc2C(N)c2ccccc2)CCC1. The zero-order valence-corrected chi connectivity index (χ0v) is 11.4. The molecule has 0 spiro atoms. The molecule has 3 nitrogen and oxygen atoms in total. The Morgan fingerprint density at radius 3 is 2.68 bits per heavy atom. The molecular weight excluding hydrogens is 234 g/mol. The van der Waals surface area contributed by atoms with Gasteiger partial charge in [0.25, 0.3) is 0 Å². The third kappa shape index (κ3) is 2.43. The molecule has 1 aromatic carbocycles. The molecule has 2 aromatic rings. The summed E-state index contributed by atoms with van der Waals surface area (Å²) in [5.74, 6) is 0. The van der Waals surface area contributed by atoms with Crippen molar-refractivity contribution < 1.29 is 0 Å². The highest BCUT2D eigenvalue weighted by atomic mass is 15.1. The number of benzene rings is 1. The van der Waals surface area contributed by atoms with Gasteiger partial charge in [-0.25, -0.2) is 4.98 Å². The summed E-state index contributed by atoms with van der Waals surface area (Å²) in [6.07, 6.45) is 7.79. The summed E-state index contributed by atoms with van der Waals surface area (Å²) in [6, 6.07) is 10.1. The summed E-state index contributed by atoms with van der Waals surface area (Å²) >= 11 is 0. The largest absolute Gasteiger partial charge is 0.332 e. The van der Waals surface area contributed by atoms with Gasteiger partial charge in [-0.1, -0.05) is 43.7 Å². The number of nitrogens with zero attached hydrogens (tertiary/aromatic N) is 2. The van der Waals surface area contributed by atoms with E-state index in [1.807, 2.05) is 30.7 Å². The maximum atomic E-state index is 6.38. The Morgan fingerprint density at radius 1 is 1.32 bits per heavy atom. The van der Waals surface area contributed by atoms with Gasteiger partial charge in [0, 0.05) is 6.54 Å². The zero-order valence-electron chi connectivity index (χ0n) is 11.4. The van der Waals surface area contributed by atoms with E-state index in [-0.39, 0.29) is 6.04 Å². The first kappa shape index (κ1) is 12.4. The van der Waals surface area contributed by atoms with Gasteiger partial charge in [-0.05, 0) is 23.8 Å². The molecule has 3 heteroatoms. The molecule has 1 heterocycles. The van der Waals surface area contributed by atoms with Gasteiger partial charge in [-0.3, -0.25) is 0 Å². The summed E-state index contributed by atoms with van der Waals surface area (Å²) in [5.41, 5.74) is 9.07. The molecule has 1 saturated carbocycles. The maximum Gasteiger partial charge on any atom is 0.0948 e. The van der Waals surface area contributed by atoms with Crippen LogP contribution in [0.3, 0.4) is 0 Å². The molecule has 19 heavy (non-hydrogen) atoms. The second-order valence-corrected chi connectivity index (χ2v) is 6.00. The minimum Gasteiger partial charge on any atom is -0.332 e. The summed E-state index contributed by atoms with van der Waals surface area (Å²) in [5, 5.41) is 0. The van der Waals surface area contributed by atoms with E-state index in [1.54, 1.807) is 0 Å². The van der Waals surface area contributed by atoms with Crippen LogP contribution in [0, 0.1) is 5.41 Å². The molecule has 100 valence electrons. The molecular formula is C16H21N3. The molecule has 1 atom stereocenters. The number of nitrogens with two attached hydrogens (primary N) is 1. The monoisotopic (exact) mass is 255 g/mol. The Kier molecular flexibility index (Phi) is 3.15. The lowest BCUT2D eigenvalue weighted by atomic mass is 9.70. The number of rotatable bonds is 4. The average molecular weight is 255 g/mol. The normalized spacial score (nSPS) is 18.8. The standard InChI is InChI=1S/C16H21N3/c1-16(8-5-9-16)11-19-12-18-10-14(19)15(17)13-6-3-2-4-7-13/h2-4,6-7,10,12,15H,5,8-9,11,17H2,1H3. The summed E-state index contributed by atoms with van der Waals surface area (Å²) in [6.45, 7) is 3.39. The van der Waals surface area contributed by atoms with E-state index in [9.17, 15) is 0 Å². The van der Waals surface area contributed by atoms with E-state index in [1.165, 1.54) is 19.3 Å². The summed E-state index contributed by atoms with van der Waals surface area (Å²) in [4.78, 5) is 4.29. The lowest BCUT2D eigenvalue weighted by Gasteiger charge is -2.39. The fourth-order valence-corrected chi connectivity index (χ4v) is 2.90.